The number of ether oxygens (including phenoxy) is 2. The number of carbonyl (C=O) groups excluding carboxylic acids is 1. The number of rotatable bonds is 2. The Morgan fingerprint density at radius 1 is 1.33 bits per heavy atom. The molecule has 64 valence electrons. The Labute approximate surface area is 66.9 Å². The summed E-state index contributed by atoms with van der Waals surface area (Å²) in [7, 11) is 0. The van der Waals surface area contributed by atoms with Gasteiger partial charge in [-0.05, 0) is 0 Å². The summed E-state index contributed by atoms with van der Waals surface area (Å²) in [6.45, 7) is 0. The smallest absolute Gasteiger partial charge is 0.375 e. The van der Waals surface area contributed by atoms with E-state index in [0.29, 0.717) is 0 Å². The van der Waals surface area contributed by atoms with Gasteiger partial charge in [-0.3, -0.25) is 4.79 Å². The molecular formula is C6H5NO5. The van der Waals surface area contributed by atoms with Gasteiger partial charge < -0.3 is 20.3 Å². The maximum atomic E-state index is 10.5. The maximum Gasteiger partial charge on any atom is 0.375 e. The highest BCUT2D eigenvalue weighted by molar-refractivity contribution is 5.92. The fourth-order valence-electron chi connectivity index (χ4n) is 0.527. The van der Waals surface area contributed by atoms with Gasteiger partial charge in [-0.2, -0.15) is 0 Å². The van der Waals surface area contributed by atoms with Crippen molar-refractivity contribution >= 4 is 11.9 Å². The predicted octanol–water partition coefficient (Wildman–Crippen LogP) is -0.714. The Balaban J connectivity index is 2.73. The second kappa shape index (κ2) is 2.95. The number of aliphatic carboxylic acids is 1. The van der Waals surface area contributed by atoms with Gasteiger partial charge in [0, 0.05) is 0 Å². The zero-order valence-corrected chi connectivity index (χ0v) is 5.81. The average Bonchev–Trinajstić information content (AvgIpc) is 2.04. The van der Waals surface area contributed by atoms with E-state index in [9.17, 15) is 9.59 Å². The third-order valence-electron chi connectivity index (χ3n) is 1.02. The highest BCUT2D eigenvalue weighted by Crippen LogP contribution is 2.12. The minimum Gasteiger partial charge on any atom is -0.475 e. The lowest BCUT2D eigenvalue weighted by molar-refractivity contribution is -0.136. The molecule has 12 heavy (non-hydrogen) atoms. The maximum absolute atomic E-state index is 10.5. The van der Waals surface area contributed by atoms with Gasteiger partial charge in [-0.25, -0.2) is 4.79 Å². The van der Waals surface area contributed by atoms with Gasteiger partial charge in [-0.1, -0.05) is 0 Å². The van der Waals surface area contributed by atoms with Crippen LogP contribution in [0.5, 0.6) is 0 Å². The molecular weight excluding hydrogens is 166 g/mol. The predicted molar refractivity (Wildman–Crippen MR) is 35.2 cm³/mol. The van der Waals surface area contributed by atoms with Crippen molar-refractivity contribution in [2.75, 3.05) is 0 Å². The van der Waals surface area contributed by atoms with Crippen LogP contribution in [0.3, 0.4) is 0 Å². The molecule has 0 unspecified atom stereocenters. The van der Waals surface area contributed by atoms with Crippen molar-refractivity contribution in [2.45, 2.75) is 0 Å². The summed E-state index contributed by atoms with van der Waals surface area (Å²) in [6, 6.07) is 0. The molecule has 0 saturated heterocycles. The average molecular weight is 171 g/mol. The first-order chi connectivity index (χ1) is 5.61. The number of nitrogens with two attached hydrogens (primary N) is 1. The van der Waals surface area contributed by atoms with E-state index in [1.54, 1.807) is 0 Å². The standard InChI is InChI=1S/C6H5NO5/c7-5(8)3-1-11-2-4(12-3)6(9)10/h1-2H,(H2,7,8)(H,9,10). The van der Waals surface area contributed by atoms with Crippen LogP contribution < -0.4 is 5.73 Å². The first-order valence-corrected chi connectivity index (χ1v) is 2.88. The Hall–Kier alpha value is -1.98. The molecule has 1 aliphatic rings. The number of carboxylic acid groups (broad SMARTS) is 1. The molecule has 6 heteroatoms. The molecule has 0 bridgehead atoms. The Morgan fingerprint density at radius 2 is 1.92 bits per heavy atom. The zero-order chi connectivity index (χ0) is 9.14. The summed E-state index contributed by atoms with van der Waals surface area (Å²) >= 11 is 0. The minimum atomic E-state index is -1.33. The van der Waals surface area contributed by atoms with Gasteiger partial charge >= 0.3 is 5.97 Å². The Kier molecular flexibility index (Phi) is 2.00. The van der Waals surface area contributed by atoms with Gasteiger partial charge in [0.15, 0.2) is 0 Å². The molecule has 0 fully saturated rings. The molecule has 0 aromatic carbocycles. The molecule has 0 aromatic heterocycles. The summed E-state index contributed by atoms with van der Waals surface area (Å²) in [5.74, 6) is -3.04. The summed E-state index contributed by atoms with van der Waals surface area (Å²) in [5, 5.41) is 8.39. The van der Waals surface area contributed by atoms with E-state index in [1.807, 2.05) is 0 Å². The second-order valence-corrected chi connectivity index (χ2v) is 1.87. The van der Waals surface area contributed by atoms with E-state index in [4.69, 9.17) is 10.8 Å². The molecule has 1 heterocycles. The lowest BCUT2D eigenvalue weighted by atomic mass is 10.4. The van der Waals surface area contributed by atoms with Crippen LogP contribution in [0.4, 0.5) is 0 Å². The molecule has 0 radical (unpaired) electrons. The van der Waals surface area contributed by atoms with E-state index in [1.165, 1.54) is 0 Å². The van der Waals surface area contributed by atoms with Crippen LogP contribution in [0.25, 0.3) is 0 Å². The quantitative estimate of drug-likeness (QED) is 0.571. The zero-order valence-electron chi connectivity index (χ0n) is 5.81. The van der Waals surface area contributed by atoms with Gasteiger partial charge in [0.1, 0.15) is 12.5 Å². The first kappa shape index (κ1) is 8.12. The van der Waals surface area contributed by atoms with E-state index >= 15 is 0 Å². The van der Waals surface area contributed by atoms with Crippen molar-refractivity contribution in [3.8, 4) is 0 Å². The number of carboxylic acids is 1. The second-order valence-electron chi connectivity index (χ2n) is 1.87. The molecule has 1 rings (SSSR count). The summed E-state index contributed by atoms with van der Waals surface area (Å²) in [6.07, 6.45) is 1.78. The largest absolute Gasteiger partial charge is 0.475 e. The first-order valence-electron chi connectivity index (χ1n) is 2.88. The topological polar surface area (TPSA) is 98.9 Å². The SMILES string of the molecule is NC(=O)C1=COC=C(C(=O)O)O1. The van der Waals surface area contributed by atoms with Crippen LogP contribution in [0.15, 0.2) is 24.0 Å². The van der Waals surface area contributed by atoms with Crippen molar-refractivity contribution in [1.29, 1.82) is 0 Å². The monoisotopic (exact) mass is 171 g/mol. The summed E-state index contributed by atoms with van der Waals surface area (Å²) in [4.78, 5) is 20.7. The van der Waals surface area contributed by atoms with Crippen molar-refractivity contribution in [3.05, 3.63) is 24.0 Å². The minimum absolute atomic E-state index is 0.338. The van der Waals surface area contributed by atoms with Crippen LogP contribution in [-0.2, 0) is 19.1 Å². The molecule has 0 saturated carbocycles. The van der Waals surface area contributed by atoms with Gasteiger partial charge in [0.05, 0.1) is 0 Å². The summed E-state index contributed by atoms with van der Waals surface area (Å²) < 4.78 is 9.02. The van der Waals surface area contributed by atoms with Crippen LogP contribution in [0.1, 0.15) is 0 Å². The summed E-state index contributed by atoms with van der Waals surface area (Å²) in [5.41, 5.74) is 4.80. The van der Waals surface area contributed by atoms with Crippen LogP contribution >= 0.6 is 0 Å². The fourth-order valence-corrected chi connectivity index (χ4v) is 0.527. The molecule has 0 spiro atoms. The number of amides is 1. The Morgan fingerprint density at radius 3 is 2.42 bits per heavy atom. The normalized spacial score (nSPS) is 15.0. The molecule has 6 nitrogen and oxygen atoms in total. The lowest BCUT2D eigenvalue weighted by Gasteiger charge is -2.10. The van der Waals surface area contributed by atoms with E-state index in [2.05, 4.69) is 9.47 Å². The van der Waals surface area contributed by atoms with E-state index < -0.39 is 17.6 Å². The third-order valence-corrected chi connectivity index (χ3v) is 1.02. The highest BCUT2D eigenvalue weighted by Gasteiger charge is 2.19. The molecule has 0 atom stereocenters. The number of hydrogen-bond acceptors (Lipinski definition) is 4. The Bertz CT molecular complexity index is 262. The molecule has 1 amide bonds. The lowest BCUT2D eigenvalue weighted by Crippen LogP contribution is -2.20. The van der Waals surface area contributed by atoms with Crippen molar-refractivity contribution < 1.29 is 24.2 Å². The molecule has 1 aliphatic heterocycles. The van der Waals surface area contributed by atoms with Crippen molar-refractivity contribution in [3.63, 3.8) is 0 Å². The van der Waals surface area contributed by atoms with E-state index in [0.717, 1.165) is 12.5 Å². The van der Waals surface area contributed by atoms with Gasteiger partial charge in [-0.15, -0.1) is 0 Å². The van der Waals surface area contributed by atoms with E-state index in [-0.39, 0.29) is 5.76 Å². The van der Waals surface area contributed by atoms with Crippen LogP contribution in [0, 0.1) is 0 Å². The molecule has 0 aliphatic carbocycles. The third kappa shape index (κ3) is 1.54. The van der Waals surface area contributed by atoms with Crippen LogP contribution in [-0.4, -0.2) is 17.0 Å². The molecule has 3 N–H and O–H groups in total. The fraction of sp³-hybridized carbons (Fsp3) is 0. The van der Waals surface area contributed by atoms with Crippen LogP contribution in [0.2, 0.25) is 0 Å². The number of carbonyl (C=O) groups is 2. The molecule has 0 aromatic rings. The van der Waals surface area contributed by atoms with Crippen molar-refractivity contribution in [1.82, 2.24) is 0 Å². The van der Waals surface area contributed by atoms with Gasteiger partial charge in [0.2, 0.25) is 11.5 Å². The van der Waals surface area contributed by atoms with Gasteiger partial charge in [0.25, 0.3) is 5.91 Å². The highest BCUT2D eigenvalue weighted by atomic mass is 16.6. The number of hydrogen-bond donors (Lipinski definition) is 2. The van der Waals surface area contributed by atoms with Crippen molar-refractivity contribution in [2.24, 2.45) is 5.73 Å². The number of primary amides is 1.